The Labute approximate surface area is 206 Å². The second-order valence-electron chi connectivity index (χ2n) is 11.4. The first-order valence-corrected chi connectivity index (χ1v) is 13.9. The number of aryl methyl sites for hydroxylation is 1. The maximum absolute atomic E-state index is 14.1. The first-order chi connectivity index (χ1) is 16.5. The number of unbranched alkanes of at least 4 members (excludes halogenated alkanes) is 1. The molecule has 3 aliphatic rings. The van der Waals surface area contributed by atoms with Gasteiger partial charge in [0.15, 0.2) is 11.6 Å². The molecule has 2 saturated carbocycles. The molecule has 0 aliphatic heterocycles. The van der Waals surface area contributed by atoms with Crippen LogP contribution in [0.2, 0.25) is 0 Å². The largest absolute Gasteiger partial charge is 0.490 e. The van der Waals surface area contributed by atoms with Crippen molar-refractivity contribution in [2.75, 3.05) is 6.61 Å². The minimum Gasteiger partial charge on any atom is -0.490 e. The number of hydrogen-bond acceptors (Lipinski definition) is 1. The predicted molar refractivity (Wildman–Crippen MR) is 137 cm³/mol. The van der Waals surface area contributed by atoms with Crippen LogP contribution in [0.15, 0.2) is 36.9 Å². The van der Waals surface area contributed by atoms with Gasteiger partial charge in [0.1, 0.15) is 0 Å². The minimum absolute atomic E-state index is 0.0530. The molecular weight excluding hydrogens is 426 g/mol. The maximum Gasteiger partial charge on any atom is 0.200 e. The van der Waals surface area contributed by atoms with Crippen molar-refractivity contribution in [3.8, 4) is 5.75 Å². The zero-order valence-electron chi connectivity index (χ0n) is 21.1. The van der Waals surface area contributed by atoms with Crippen LogP contribution in [0.5, 0.6) is 5.75 Å². The van der Waals surface area contributed by atoms with Gasteiger partial charge in [-0.1, -0.05) is 43.6 Å². The van der Waals surface area contributed by atoms with Crippen molar-refractivity contribution in [2.24, 2.45) is 35.5 Å². The van der Waals surface area contributed by atoms with Gasteiger partial charge in [-0.25, -0.2) is 4.39 Å². The van der Waals surface area contributed by atoms with E-state index in [9.17, 15) is 8.78 Å². The summed E-state index contributed by atoms with van der Waals surface area (Å²) in [4.78, 5) is 0. The van der Waals surface area contributed by atoms with Crippen LogP contribution in [0.4, 0.5) is 8.78 Å². The van der Waals surface area contributed by atoms with E-state index in [1.54, 1.807) is 19.1 Å². The normalized spacial score (nSPS) is 31.9. The number of allylic oxidation sites excluding steroid dienone is 3. The highest BCUT2D eigenvalue weighted by atomic mass is 19.2. The Morgan fingerprint density at radius 1 is 0.824 bits per heavy atom. The summed E-state index contributed by atoms with van der Waals surface area (Å²) in [5, 5.41) is 0. The molecule has 34 heavy (non-hydrogen) atoms. The van der Waals surface area contributed by atoms with Gasteiger partial charge in [-0.3, -0.25) is 0 Å². The van der Waals surface area contributed by atoms with Crippen LogP contribution in [-0.4, -0.2) is 6.61 Å². The number of halogens is 2. The van der Waals surface area contributed by atoms with Gasteiger partial charge in [-0.2, -0.15) is 4.39 Å². The summed E-state index contributed by atoms with van der Waals surface area (Å²) in [6.07, 6.45) is 24.2. The molecule has 0 bridgehead atoms. The lowest BCUT2D eigenvalue weighted by Gasteiger charge is -2.38. The quantitative estimate of drug-likeness (QED) is 0.258. The molecule has 0 amide bonds. The molecule has 2 unspecified atom stereocenters. The second kappa shape index (κ2) is 12.4. The van der Waals surface area contributed by atoms with Crippen molar-refractivity contribution in [1.82, 2.24) is 0 Å². The van der Waals surface area contributed by atoms with E-state index < -0.39 is 11.6 Å². The summed E-state index contributed by atoms with van der Waals surface area (Å²) in [5.41, 5.74) is 0.320. The van der Waals surface area contributed by atoms with Crippen molar-refractivity contribution in [2.45, 2.75) is 90.4 Å². The van der Waals surface area contributed by atoms with Gasteiger partial charge in [-0.15, -0.1) is 6.58 Å². The lowest BCUT2D eigenvalue weighted by Crippen LogP contribution is -2.28. The zero-order valence-corrected chi connectivity index (χ0v) is 21.1. The molecular formula is C31H44F2O. The highest BCUT2D eigenvalue weighted by Crippen LogP contribution is 2.43. The molecule has 3 heteroatoms. The van der Waals surface area contributed by atoms with Crippen LogP contribution < -0.4 is 4.74 Å². The topological polar surface area (TPSA) is 9.23 Å². The number of benzene rings is 1. The molecule has 0 N–H and O–H groups in total. The SMILES string of the molecule is C=CCCCC1CCC(C2C=CC(C3CCC(COc4ccc(C)c(F)c4F)CC3)CC2)CC1. The van der Waals surface area contributed by atoms with E-state index in [0.29, 0.717) is 18.1 Å². The van der Waals surface area contributed by atoms with Gasteiger partial charge in [0.2, 0.25) is 5.82 Å². The van der Waals surface area contributed by atoms with E-state index in [-0.39, 0.29) is 5.75 Å². The molecule has 0 saturated heterocycles. The molecule has 1 nitrogen and oxygen atoms in total. The Bertz CT molecular complexity index is 815. The summed E-state index contributed by atoms with van der Waals surface area (Å²) in [6.45, 7) is 5.91. The van der Waals surface area contributed by atoms with Crippen LogP contribution in [0.25, 0.3) is 0 Å². The highest BCUT2D eigenvalue weighted by molar-refractivity contribution is 5.30. The van der Waals surface area contributed by atoms with E-state index in [1.165, 1.54) is 70.6 Å². The van der Waals surface area contributed by atoms with Crippen molar-refractivity contribution in [3.05, 3.63) is 54.1 Å². The van der Waals surface area contributed by atoms with Crippen LogP contribution in [0.1, 0.15) is 89.0 Å². The summed E-state index contributed by atoms with van der Waals surface area (Å²) >= 11 is 0. The summed E-state index contributed by atoms with van der Waals surface area (Å²) in [7, 11) is 0. The Balaban J connectivity index is 1.16. The molecule has 0 spiro atoms. The lowest BCUT2D eigenvalue weighted by atomic mass is 9.68. The molecule has 2 atom stereocenters. The first kappa shape index (κ1) is 25.5. The molecule has 0 radical (unpaired) electrons. The molecule has 2 fully saturated rings. The average molecular weight is 471 g/mol. The van der Waals surface area contributed by atoms with Crippen molar-refractivity contribution in [3.63, 3.8) is 0 Å². The third kappa shape index (κ3) is 6.52. The van der Waals surface area contributed by atoms with E-state index in [2.05, 4.69) is 24.8 Å². The van der Waals surface area contributed by atoms with Crippen LogP contribution in [0.3, 0.4) is 0 Å². The molecule has 0 heterocycles. The Morgan fingerprint density at radius 3 is 1.97 bits per heavy atom. The Hall–Kier alpha value is -1.64. The third-order valence-electron chi connectivity index (χ3n) is 9.17. The van der Waals surface area contributed by atoms with E-state index in [0.717, 1.165) is 42.4 Å². The Morgan fingerprint density at radius 2 is 1.41 bits per heavy atom. The molecule has 1 aromatic rings. The van der Waals surface area contributed by atoms with E-state index in [4.69, 9.17) is 4.74 Å². The number of hydrogen-bond donors (Lipinski definition) is 0. The molecule has 4 rings (SSSR count). The van der Waals surface area contributed by atoms with Gasteiger partial charge in [0, 0.05) is 0 Å². The molecule has 188 valence electrons. The number of rotatable bonds is 9. The van der Waals surface area contributed by atoms with Crippen LogP contribution in [-0.2, 0) is 0 Å². The van der Waals surface area contributed by atoms with Crippen LogP contribution >= 0.6 is 0 Å². The molecule has 1 aromatic carbocycles. The first-order valence-electron chi connectivity index (χ1n) is 13.9. The summed E-state index contributed by atoms with van der Waals surface area (Å²) < 4.78 is 33.5. The third-order valence-corrected chi connectivity index (χ3v) is 9.17. The van der Waals surface area contributed by atoms with Crippen molar-refractivity contribution >= 4 is 0 Å². The Kier molecular flexibility index (Phi) is 9.25. The van der Waals surface area contributed by atoms with Gasteiger partial charge in [0.05, 0.1) is 6.61 Å². The van der Waals surface area contributed by atoms with E-state index >= 15 is 0 Å². The van der Waals surface area contributed by atoms with Crippen molar-refractivity contribution in [1.29, 1.82) is 0 Å². The standard InChI is InChI=1S/C31H44F2O/c1-3-4-5-6-23-8-12-25(13-9-23)27-16-18-28(19-17-27)26-14-10-24(11-15-26)21-34-29-20-7-22(2)30(32)31(29)33/h3,7,16,18,20,23-28H,1,4-6,8-15,17,19,21H2,2H3. The monoisotopic (exact) mass is 470 g/mol. The highest BCUT2D eigenvalue weighted by Gasteiger charge is 2.32. The predicted octanol–water partition coefficient (Wildman–Crippen LogP) is 9.20. The smallest absolute Gasteiger partial charge is 0.200 e. The second-order valence-corrected chi connectivity index (χ2v) is 11.4. The van der Waals surface area contributed by atoms with Gasteiger partial charge >= 0.3 is 0 Å². The van der Waals surface area contributed by atoms with E-state index in [1.807, 2.05) is 0 Å². The fourth-order valence-corrected chi connectivity index (χ4v) is 6.83. The van der Waals surface area contributed by atoms with Crippen molar-refractivity contribution < 1.29 is 13.5 Å². The minimum atomic E-state index is -0.850. The summed E-state index contributed by atoms with van der Waals surface area (Å²) in [5.74, 6) is 3.04. The van der Waals surface area contributed by atoms with Gasteiger partial charge in [-0.05, 0) is 118 Å². The zero-order chi connectivity index (χ0) is 23.9. The lowest BCUT2D eigenvalue weighted by molar-refractivity contribution is 0.148. The number of ether oxygens (including phenoxy) is 1. The van der Waals surface area contributed by atoms with Crippen LogP contribution in [0, 0.1) is 54.1 Å². The average Bonchev–Trinajstić information content (AvgIpc) is 2.88. The summed E-state index contributed by atoms with van der Waals surface area (Å²) in [6, 6.07) is 3.14. The fraction of sp³-hybridized carbons (Fsp3) is 0.677. The van der Waals surface area contributed by atoms with Gasteiger partial charge in [0.25, 0.3) is 0 Å². The van der Waals surface area contributed by atoms with Gasteiger partial charge < -0.3 is 4.74 Å². The maximum atomic E-state index is 14.1. The molecule has 3 aliphatic carbocycles. The molecule has 0 aromatic heterocycles. The fourth-order valence-electron chi connectivity index (χ4n) is 6.83.